The van der Waals surface area contributed by atoms with Gasteiger partial charge in [0.1, 0.15) is 5.52 Å². The highest BCUT2D eigenvalue weighted by Gasteiger charge is 2.06. The molecule has 59 valence electrons. The van der Waals surface area contributed by atoms with Crippen molar-refractivity contribution in [2.24, 2.45) is 5.73 Å². The van der Waals surface area contributed by atoms with Gasteiger partial charge in [0.25, 0.3) is 0 Å². The first-order valence-electron chi connectivity index (χ1n) is 3.30. The van der Waals surface area contributed by atoms with Gasteiger partial charge in [0, 0.05) is 0 Å². The topological polar surface area (TPSA) is 73.8 Å². The number of amides is 1. The van der Waals surface area contributed by atoms with Gasteiger partial charge in [-0.1, -0.05) is 11.3 Å². The quantitative estimate of drug-likeness (QED) is 0.598. The van der Waals surface area contributed by atoms with Gasteiger partial charge in [0.05, 0.1) is 5.52 Å². The first-order chi connectivity index (χ1) is 5.79. The minimum atomic E-state index is -0.635. The lowest BCUT2D eigenvalue weighted by atomic mass is 10.3. The van der Waals surface area contributed by atoms with Crippen molar-refractivity contribution in [2.45, 2.75) is 0 Å². The molecule has 0 bridgehead atoms. The number of rotatable bonds is 0. The molecule has 1 heterocycles. The number of hydrogen-bond acceptors (Lipinski definition) is 3. The zero-order chi connectivity index (χ0) is 8.55. The summed E-state index contributed by atoms with van der Waals surface area (Å²) in [5, 5.41) is 7.29. The average molecular weight is 161 g/mol. The molecule has 1 amide bonds. The number of aromatic nitrogens is 3. The number of carbonyl (C=O) groups is 1. The molecule has 2 rings (SSSR count). The van der Waals surface area contributed by atoms with Crippen LogP contribution in [0.4, 0.5) is 4.79 Å². The van der Waals surface area contributed by atoms with Crippen LogP contribution in [0.1, 0.15) is 0 Å². The lowest BCUT2D eigenvalue weighted by Gasteiger charge is -1.91. The predicted octanol–water partition coefficient (Wildman–Crippen LogP) is 0.158. The van der Waals surface area contributed by atoms with Crippen LogP contribution in [0.25, 0.3) is 11.0 Å². The summed E-state index contributed by atoms with van der Waals surface area (Å²) < 4.78 is 1.04. The van der Waals surface area contributed by atoms with Crippen LogP contribution in [-0.2, 0) is 0 Å². The standard InChI is InChI=1S/C7H5N4O/c8-7(12)11-6-4-2-1-3-5(6)9-10-11/h2-4H,(H2,8,12). The lowest BCUT2D eigenvalue weighted by molar-refractivity contribution is 0.248. The Morgan fingerprint density at radius 1 is 1.67 bits per heavy atom. The Labute approximate surface area is 67.8 Å². The summed E-state index contributed by atoms with van der Waals surface area (Å²) in [6.45, 7) is 0. The molecule has 5 heteroatoms. The van der Waals surface area contributed by atoms with E-state index in [1.165, 1.54) is 0 Å². The Balaban J connectivity index is 2.79. The largest absolute Gasteiger partial charge is 0.350 e. The van der Waals surface area contributed by atoms with Gasteiger partial charge in [-0.15, -0.1) is 5.10 Å². The van der Waals surface area contributed by atoms with E-state index in [1.807, 2.05) is 0 Å². The highest BCUT2D eigenvalue weighted by molar-refractivity contribution is 5.86. The lowest BCUT2D eigenvalue weighted by Crippen LogP contribution is -2.20. The van der Waals surface area contributed by atoms with Crippen molar-refractivity contribution in [1.29, 1.82) is 0 Å². The molecule has 0 aliphatic rings. The molecule has 5 nitrogen and oxygen atoms in total. The van der Waals surface area contributed by atoms with E-state index < -0.39 is 6.03 Å². The minimum Gasteiger partial charge on any atom is -0.350 e. The number of benzene rings is 1. The van der Waals surface area contributed by atoms with E-state index in [-0.39, 0.29) is 0 Å². The SMILES string of the molecule is NC(=O)n1nnc2c[c]ccc21. The second-order valence-electron chi connectivity index (χ2n) is 2.25. The first-order valence-corrected chi connectivity index (χ1v) is 3.30. The fourth-order valence-corrected chi connectivity index (χ4v) is 0.976. The van der Waals surface area contributed by atoms with E-state index in [1.54, 1.807) is 18.2 Å². The van der Waals surface area contributed by atoms with Gasteiger partial charge < -0.3 is 5.73 Å². The molecule has 0 saturated carbocycles. The molecule has 1 aromatic heterocycles. The highest BCUT2D eigenvalue weighted by Crippen LogP contribution is 2.07. The third-order valence-electron chi connectivity index (χ3n) is 1.50. The van der Waals surface area contributed by atoms with Crippen LogP contribution in [0.5, 0.6) is 0 Å². The van der Waals surface area contributed by atoms with Gasteiger partial charge in [0.2, 0.25) is 0 Å². The Hall–Kier alpha value is -1.91. The van der Waals surface area contributed by atoms with E-state index >= 15 is 0 Å². The van der Waals surface area contributed by atoms with Gasteiger partial charge in [-0.05, 0) is 18.2 Å². The third-order valence-corrected chi connectivity index (χ3v) is 1.50. The molecule has 1 radical (unpaired) electrons. The van der Waals surface area contributed by atoms with Gasteiger partial charge in [-0.2, -0.15) is 4.68 Å². The van der Waals surface area contributed by atoms with E-state index in [9.17, 15) is 4.79 Å². The summed E-state index contributed by atoms with van der Waals surface area (Å²) in [4.78, 5) is 10.7. The van der Waals surface area contributed by atoms with Crippen LogP contribution in [-0.4, -0.2) is 21.0 Å². The van der Waals surface area contributed by atoms with Crippen molar-refractivity contribution in [3.63, 3.8) is 0 Å². The van der Waals surface area contributed by atoms with Crippen LogP contribution in [0.3, 0.4) is 0 Å². The summed E-state index contributed by atoms with van der Waals surface area (Å²) >= 11 is 0. The second kappa shape index (κ2) is 2.30. The highest BCUT2D eigenvalue weighted by atomic mass is 16.2. The third kappa shape index (κ3) is 0.833. The summed E-state index contributed by atoms with van der Waals surface area (Å²) in [7, 11) is 0. The second-order valence-corrected chi connectivity index (χ2v) is 2.25. The number of fused-ring (bicyclic) bond motifs is 1. The maximum absolute atomic E-state index is 10.7. The Morgan fingerprint density at radius 3 is 3.25 bits per heavy atom. The van der Waals surface area contributed by atoms with E-state index in [0.29, 0.717) is 11.0 Å². The van der Waals surface area contributed by atoms with Crippen LogP contribution >= 0.6 is 0 Å². The Morgan fingerprint density at radius 2 is 2.50 bits per heavy atom. The molecule has 0 spiro atoms. The zero-order valence-electron chi connectivity index (χ0n) is 6.06. The molecular formula is C7H5N4O. The normalized spacial score (nSPS) is 10.3. The fraction of sp³-hybridized carbons (Fsp3) is 0. The molecule has 0 aliphatic carbocycles. The molecule has 0 saturated heterocycles. The van der Waals surface area contributed by atoms with Crippen LogP contribution in [0.15, 0.2) is 18.2 Å². The van der Waals surface area contributed by atoms with Crippen LogP contribution < -0.4 is 5.73 Å². The molecule has 1 aromatic carbocycles. The molecule has 0 unspecified atom stereocenters. The van der Waals surface area contributed by atoms with E-state index in [2.05, 4.69) is 16.4 Å². The number of primary amides is 1. The molecule has 0 fully saturated rings. The Bertz CT molecular complexity index is 434. The Kier molecular flexibility index (Phi) is 1.30. The average Bonchev–Trinajstić information content (AvgIpc) is 2.47. The zero-order valence-corrected chi connectivity index (χ0v) is 6.06. The van der Waals surface area contributed by atoms with Gasteiger partial charge >= 0.3 is 6.03 Å². The van der Waals surface area contributed by atoms with Crippen molar-refractivity contribution in [1.82, 2.24) is 15.0 Å². The monoisotopic (exact) mass is 161 g/mol. The number of hydrogen-bond donors (Lipinski definition) is 1. The van der Waals surface area contributed by atoms with Crippen LogP contribution in [0.2, 0.25) is 0 Å². The van der Waals surface area contributed by atoms with Gasteiger partial charge in [-0.25, -0.2) is 4.79 Å². The summed E-state index contributed by atoms with van der Waals surface area (Å²) in [5.74, 6) is 0. The molecular weight excluding hydrogens is 156 g/mol. The fourth-order valence-electron chi connectivity index (χ4n) is 0.976. The smallest absolute Gasteiger partial charge is 0.341 e. The van der Waals surface area contributed by atoms with Crippen molar-refractivity contribution < 1.29 is 4.79 Å². The molecule has 2 N–H and O–H groups in total. The maximum atomic E-state index is 10.7. The van der Waals surface area contributed by atoms with Crippen molar-refractivity contribution in [3.8, 4) is 0 Å². The van der Waals surface area contributed by atoms with Crippen LogP contribution in [0, 0.1) is 6.07 Å². The molecule has 0 atom stereocenters. The summed E-state index contributed by atoms with van der Waals surface area (Å²) in [5.41, 5.74) is 6.24. The number of nitrogens with zero attached hydrogens (tertiary/aromatic N) is 3. The van der Waals surface area contributed by atoms with E-state index in [4.69, 9.17) is 5.73 Å². The molecule has 2 aromatic rings. The van der Waals surface area contributed by atoms with Crippen molar-refractivity contribution >= 4 is 17.1 Å². The van der Waals surface area contributed by atoms with Gasteiger partial charge in [0.15, 0.2) is 0 Å². The molecule has 12 heavy (non-hydrogen) atoms. The predicted molar refractivity (Wildman–Crippen MR) is 41.3 cm³/mol. The van der Waals surface area contributed by atoms with Gasteiger partial charge in [-0.3, -0.25) is 0 Å². The summed E-state index contributed by atoms with van der Waals surface area (Å²) in [6, 6.07) is 7.18. The molecule has 0 aliphatic heterocycles. The summed E-state index contributed by atoms with van der Waals surface area (Å²) in [6.07, 6.45) is 0. The van der Waals surface area contributed by atoms with Crippen molar-refractivity contribution in [2.75, 3.05) is 0 Å². The maximum Gasteiger partial charge on any atom is 0.341 e. The first kappa shape index (κ1) is 6.78. The van der Waals surface area contributed by atoms with Crippen molar-refractivity contribution in [3.05, 3.63) is 24.3 Å². The number of carbonyl (C=O) groups excluding carboxylic acids is 1. The van der Waals surface area contributed by atoms with E-state index in [0.717, 1.165) is 4.68 Å². The minimum absolute atomic E-state index is 0.598. The number of nitrogens with two attached hydrogens (primary N) is 1.